The highest BCUT2D eigenvalue weighted by atomic mass is 16.5. The van der Waals surface area contributed by atoms with E-state index in [1.165, 1.54) is 22.3 Å². The Balaban J connectivity index is 1.89. The summed E-state index contributed by atoms with van der Waals surface area (Å²) in [6, 6.07) is 15.6. The zero-order valence-corrected chi connectivity index (χ0v) is 12.1. The van der Waals surface area contributed by atoms with Gasteiger partial charge >= 0.3 is 0 Å². The molecule has 0 fully saturated rings. The maximum absolute atomic E-state index is 5.37. The Hall–Kier alpha value is -1.80. The average Bonchev–Trinajstić information content (AvgIpc) is 2.47. The Labute approximate surface area is 120 Å². The highest BCUT2D eigenvalue weighted by Gasteiger charge is 2.20. The lowest BCUT2D eigenvalue weighted by Crippen LogP contribution is -2.31. The summed E-state index contributed by atoms with van der Waals surface area (Å²) >= 11 is 0. The van der Waals surface area contributed by atoms with Crippen LogP contribution in [0.4, 0.5) is 0 Å². The molecular formula is C18H21NO. The molecule has 2 aromatic carbocycles. The predicted octanol–water partition coefficient (Wildman–Crippen LogP) is 3.43. The quantitative estimate of drug-likeness (QED) is 0.920. The normalized spacial score (nSPS) is 17.6. The van der Waals surface area contributed by atoms with Crippen molar-refractivity contribution in [1.82, 2.24) is 5.32 Å². The van der Waals surface area contributed by atoms with E-state index in [0.29, 0.717) is 6.04 Å². The molecule has 2 aromatic rings. The number of fused-ring (bicyclic) bond motifs is 1. The molecule has 1 N–H and O–H groups in total. The summed E-state index contributed by atoms with van der Waals surface area (Å²) in [6.45, 7) is 3.20. The van der Waals surface area contributed by atoms with Gasteiger partial charge in [0.1, 0.15) is 5.75 Å². The summed E-state index contributed by atoms with van der Waals surface area (Å²) in [7, 11) is 1.73. The van der Waals surface area contributed by atoms with Crippen molar-refractivity contribution in [3.8, 4) is 5.75 Å². The fourth-order valence-corrected chi connectivity index (χ4v) is 3.00. The molecule has 2 heteroatoms. The third-order valence-corrected chi connectivity index (χ3v) is 4.04. The van der Waals surface area contributed by atoms with Gasteiger partial charge in [0.15, 0.2) is 0 Å². The van der Waals surface area contributed by atoms with Crippen molar-refractivity contribution in [1.29, 1.82) is 0 Å². The first kappa shape index (κ1) is 13.2. The van der Waals surface area contributed by atoms with Crippen LogP contribution in [0.1, 0.15) is 28.3 Å². The van der Waals surface area contributed by atoms with Gasteiger partial charge in [-0.1, -0.05) is 35.9 Å². The van der Waals surface area contributed by atoms with Crippen LogP contribution in [0.25, 0.3) is 0 Å². The molecule has 0 amide bonds. The maximum Gasteiger partial charge on any atom is 0.119 e. The Morgan fingerprint density at radius 1 is 1.20 bits per heavy atom. The predicted molar refractivity (Wildman–Crippen MR) is 82.3 cm³/mol. The molecule has 0 aromatic heterocycles. The summed E-state index contributed by atoms with van der Waals surface area (Å²) < 4.78 is 5.37. The minimum atomic E-state index is 0.385. The van der Waals surface area contributed by atoms with Gasteiger partial charge in [-0.05, 0) is 55.1 Å². The number of hydrogen-bond acceptors (Lipinski definition) is 2. The van der Waals surface area contributed by atoms with Crippen LogP contribution in [0.3, 0.4) is 0 Å². The van der Waals surface area contributed by atoms with E-state index < -0.39 is 0 Å². The Kier molecular flexibility index (Phi) is 3.75. The first-order chi connectivity index (χ1) is 9.76. The summed E-state index contributed by atoms with van der Waals surface area (Å²) in [4.78, 5) is 0. The fraction of sp³-hybridized carbons (Fsp3) is 0.333. The van der Waals surface area contributed by atoms with Gasteiger partial charge in [-0.2, -0.15) is 0 Å². The molecular weight excluding hydrogens is 246 g/mol. The van der Waals surface area contributed by atoms with Gasteiger partial charge in [0.2, 0.25) is 0 Å². The van der Waals surface area contributed by atoms with Crippen LogP contribution >= 0.6 is 0 Å². The van der Waals surface area contributed by atoms with E-state index in [0.717, 1.165) is 25.1 Å². The second kappa shape index (κ2) is 5.68. The molecule has 20 heavy (non-hydrogen) atoms. The number of benzene rings is 2. The maximum atomic E-state index is 5.37. The molecule has 0 spiro atoms. The second-order valence-corrected chi connectivity index (χ2v) is 5.51. The van der Waals surface area contributed by atoms with Crippen molar-refractivity contribution in [2.24, 2.45) is 0 Å². The monoisotopic (exact) mass is 267 g/mol. The van der Waals surface area contributed by atoms with Crippen molar-refractivity contribution in [2.75, 3.05) is 13.7 Å². The lowest BCUT2D eigenvalue weighted by molar-refractivity contribution is 0.411. The van der Waals surface area contributed by atoms with Crippen LogP contribution < -0.4 is 10.1 Å². The van der Waals surface area contributed by atoms with Crippen LogP contribution in [-0.2, 0) is 12.8 Å². The lowest BCUT2D eigenvalue weighted by atomic mass is 9.90. The SMILES string of the molecule is COc1ccc2c(c1)C(Cc1cccc(C)c1)NCC2. The molecule has 0 aliphatic carbocycles. The third kappa shape index (κ3) is 2.70. The van der Waals surface area contributed by atoms with E-state index in [9.17, 15) is 0 Å². The standard InChI is InChI=1S/C18H21NO/c1-13-4-3-5-14(10-13)11-18-17-12-16(20-2)7-6-15(17)8-9-19-18/h3-7,10,12,18-19H,8-9,11H2,1-2H3. The summed E-state index contributed by atoms with van der Waals surface area (Å²) in [5, 5.41) is 3.64. The smallest absolute Gasteiger partial charge is 0.119 e. The Morgan fingerprint density at radius 3 is 2.90 bits per heavy atom. The van der Waals surface area contributed by atoms with Crippen molar-refractivity contribution in [3.05, 3.63) is 64.7 Å². The molecule has 1 aliphatic heterocycles. The molecule has 0 bridgehead atoms. The van der Waals surface area contributed by atoms with Crippen molar-refractivity contribution < 1.29 is 4.74 Å². The largest absolute Gasteiger partial charge is 0.497 e. The minimum Gasteiger partial charge on any atom is -0.497 e. The molecule has 104 valence electrons. The van der Waals surface area contributed by atoms with Gasteiger partial charge in [-0.25, -0.2) is 0 Å². The first-order valence-electron chi connectivity index (χ1n) is 7.22. The molecule has 3 rings (SSSR count). The zero-order chi connectivity index (χ0) is 13.9. The average molecular weight is 267 g/mol. The van der Waals surface area contributed by atoms with Crippen LogP contribution in [-0.4, -0.2) is 13.7 Å². The summed E-state index contributed by atoms with van der Waals surface area (Å²) in [6.07, 6.45) is 2.13. The molecule has 2 nitrogen and oxygen atoms in total. The second-order valence-electron chi connectivity index (χ2n) is 5.51. The van der Waals surface area contributed by atoms with Crippen molar-refractivity contribution in [3.63, 3.8) is 0 Å². The molecule has 1 atom stereocenters. The van der Waals surface area contributed by atoms with E-state index in [2.05, 4.69) is 54.7 Å². The van der Waals surface area contributed by atoms with Crippen LogP contribution in [0, 0.1) is 6.92 Å². The molecule has 0 saturated heterocycles. The van der Waals surface area contributed by atoms with Crippen LogP contribution in [0.2, 0.25) is 0 Å². The van der Waals surface area contributed by atoms with Gasteiger partial charge in [-0.3, -0.25) is 0 Å². The fourth-order valence-electron chi connectivity index (χ4n) is 3.00. The number of aryl methyl sites for hydroxylation is 1. The molecule has 1 aliphatic rings. The first-order valence-corrected chi connectivity index (χ1v) is 7.22. The molecule has 1 heterocycles. The third-order valence-electron chi connectivity index (χ3n) is 4.04. The van der Waals surface area contributed by atoms with E-state index in [1.807, 2.05) is 0 Å². The minimum absolute atomic E-state index is 0.385. The summed E-state index contributed by atoms with van der Waals surface area (Å²) in [5.41, 5.74) is 5.54. The molecule has 1 unspecified atom stereocenters. The number of hydrogen-bond donors (Lipinski definition) is 1. The zero-order valence-electron chi connectivity index (χ0n) is 12.1. The highest BCUT2D eigenvalue weighted by Crippen LogP contribution is 2.29. The van der Waals surface area contributed by atoms with Gasteiger partial charge in [0.05, 0.1) is 7.11 Å². The van der Waals surface area contributed by atoms with Crippen LogP contribution in [0.5, 0.6) is 5.75 Å². The van der Waals surface area contributed by atoms with E-state index in [1.54, 1.807) is 7.11 Å². The highest BCUT2D eigenvalue weighted by molar-refractivity contribution is 5.40. The van der Waals surface area contributed by atoms with Gasteiger partial charge in [0, 0.05) is 6.04 Å². The summed E-state index contributed by atoms with van der Waals surface area (Å²) in [5.74, 6) is 0.946. The number of rotatable bonds is 3. The van der Waals surface area contributed by atoms with E-state index in [-0.39, 0.29) is 0 Å². The lowest BCUT2D eigenvalue weighted by Gasteiger charge is -2.27. The van der Waals surface area contributed by atoms with Crippen LogP contribution in [0.15, 0.2) is 42.5 Å². The number of methoxy groups -OCH3 is 1. The van der Waals surface area contributed by atoms with Gasteiger partial charge in [0.25, 0.3) is 0 Å². The van der Waals surface area contributed by atoms with Crippen molar-refractivity contribution >= 4 is 0 Å². The Bertz CT molecular complexity index is 606. The Morgan fingerprint density at radius 2 is 2.10 bits per heavy atom. The van der Waals surface area contributed by atoms with Crippen molar-refractivity contribution in [2.45, 2.75) is 25.8 Å². The van der Waals surface area contributed by atoms with Gasteiger partial charge in [-0.15, -0.1) is 0 Å². The molecule has 0 radical (unpaired) electrons. The number of ether oxygens (including phenoxy) is 1. The van der Waals surface area contributed by atoms with E-state index >= 15 is 0 Å². The molecule has 0 saturated carbocycles. The van der Waals surface area contributed by atoms with Gasteiger partial charge < -0.3 is 10.1 Å². The number of nitrogens with one attached hydrogen (secondary N) is 1. The topological polar surface area (TPSA) is 21.3 Å². The van der Waals surface area contributed by atoms with E-state index in [4.69, 9.17) is 4.74 Å².